The number of aromatic carboxylic acids is 1. The quantitative estimate of drug-likeness (QED) is 0.519. The minimum absolute atomic E-state index is 0.0554. The van der Waals surface area contributed by atoms with Gasteiger partial charge in [-0.1, -0.05) is 48.5 Å². The Labute approximate surface area is 167 Å². The number of anilines is 1. The van der Waals surface area contributed by atoms with Crippen LogP contribution in [0, 0.1) is 11.3 Å². The maximum Gasteiger partial charge on any atom is 0.266 e. The third-order valence-corrected chi connectivity index (χ3v) is 3.91. The van der Waals surface area contributed by atoms with Gasteiger partial charge in [0.05, 0.1) is 11.7 Å². The highest BCUT2D eigenvalue weighted by atomic mass is 16.5. The number of ether oxygens (including phenoxy) is 1. The molecule has 0 saturated heterocycles. The van der Waals surface area contributed by atoms with E-state index in [1.165, 1.54) is 24.3 Å². The van der Waals surface area contributed by atoms with E-state index in [1.54, 1.807) is 30.3 Å². The lowest BCUT2D eigenvalue weighted by Crippen LogP contribution is -2.25. The summed E-state index contributed by atoms with van der Waals surface area (Å²) in [6.07, 6.45) is 1.40. The molecular formula is C23H15N2O4-. The minimum Gasteiger partial charge on any atom is -0.545 e. The number of rotatable bonds is 6. The molecule has 1 amide bonds. The van der Waals surface area contributed by atoms with Gasteiger partial charge >= 0.3 is 0 Å². The van der Waals surface area contributed by atoms with E-state index in [-0.39, 0.29) is 16.8 Å². The molecule has 142 valence electrons. The fraction of sp³-hybridized carbons (Fsp3) is 0. The second kappa shape index (κ2) is 9.02. The van der Waals surface area contributed by atoms with Gasteiger partial charge in [-0.3, -0.25) is 4.79 Å². The van der Waals surface area contributed by atoms with E-state index < -0.39 is 11.9 Å². The summed E-state index contributed by atoms with van der Waals surface area (Å²) >= 11 is 0. The number of carboxylic acids is 1. The van der Waals surface area contributed by atoms with Crippen molar-refractivity contribution in [1.82, 2.24) is 0 Å². The number of carbonyl (C=O) groups is 2. The van der Waals surface area contributed by atoms with Gasteiger partial charge in [-0.25, -0.2) is 0 Å². The van der Waals surface area contributed by atoms with Gasteiger partial charge < -0.3 is 20.0 Å². The number of amides is 1. The first-order valence-electron chi connectivity index (χ1n) is 8.63. The summed E-state index contributed by atoms with van der Waals surface area (Å²) in [6, 6.07) is 23.8. The molecule has 0 fully saturated rings. The Kier molecular flexibility index (Phi) is 6.03. The van der Waals surface area contributed by atoms with Crippen molar-refractivity contribution >= 4 is 23.6 Å². The van der Waals surface area contributed by atoms with Crippen LogP contribution in [-0.2, 0) is 4.79 Å². The molecule has 0 bridgehead atoms. The first kappa shape index (κ1) is 19.4. The Morgan fingerprint density at radius 1 is 0.931 bits per heavy atom. The van der Waals surface area contributed by atoms with Crippen molar-refractivity contribution in [2.45, 2.75) is 0 Å². The molecule has 0 saturated carbocycles. The van der Waals surface area contributed by atoms with E-state index in [0.29, 0.717) is 17.1 Å². The molecule has 0 aliphatic carbocycles. The molecule has 0 radical (unpaired) electrons. The van der Waals surface area contributed by atoms with E-state index in [9.17, 15) is 20.0 Å². The van der Waals surface area contributed by atoms with Crippen LogP contribution in [0.3, 0.4) is 0 Å². The second-order valence-corrected chi connectivity index (χ2v) is 5.94. The van der Waals surface area contributed by atoms with Gasteiger partial charge in [0.15, 0.2) is 0 Å². The molecule has 1 N–H and O–H groups in total. The largest absolute Gasteiger partial charge is 0.545 e. The lowest BCUT2D eigenvalue weighted by Gasteiger charge is -2.11. The van der Waals surface area contributed by atoms with E-state index >= 15 is 0 Å². The van der Waals surface area contributed by atoms with Crippen molar-refractivity contribution in [3.05, 3.63) is 95.6 Å². The average Bonchev–Trinajstić information content (AvgIpc) is 2.73. The molecule has 0 atom stereocenters. The van der Waals surface area contributed by atoms with Crippen molar-refractivity contribution in [2.75, 3.05) is 5.32 Å². The standard InChI is InChI=1S/C23H16N2O4/c24-15-17(22(26)25-21-12-5-4-11-20(21)23(27)28)13-16-7-6-10-19(14-16)29-18-8-2-1-3-9-18/h1-14H,(H,25,26)(H,27,28)/p-1/b17-13+. The number of nitrogens with zero attached hydrogens (tertiary/aromatic N) is 1. The topological polar surface area (TPSA) is 102 Å². The second-order valence-electron chi connectivity index (χ2n) is 5.94. The van der Waals surface area contributed by atoms with Crippen LogP contribution < -0.4 is 15.2 Å². The molecule has 3 aromatic rings. The lowest BCUT2D eigenvalue weighted by atomic mass is 10.1. The van der Waals surface area contributed by atoms with Crippen LogP contribution in [0.15, 0.2) is 84.4 Å². The fourth-order valence-corrected chi connectivity index (χ4v) is 2.57. The van der Waals surface area contributed by atoms with Crippen LogP contribution in [0.1, 0.15) is 15.9 Å². The summed E-state index contributed by atoms with van der Waals surface area (Å²) in [5.74, 6) is -0.944. The van der Waals surface area contributed by atoms with E-state index in [1.807, 2.05) is 36.4 Å². The van der Waals surface area contributed by atoms with Crippen LogP contribution in [-0.4, -0.2) is 11.9 Å². The molecule has 0 spiro atoms. The fourth-order valence-electron chi connectivity index (χ4n) is 2.57. The summed E-state index contributed by atoms with van der Waals surface area (Å²) in [7, 11) is 0. The van der Waals surface area contributed by atoms with Crippen LogP contribution in [0.4, 0.5) is 5.69 Å². The number of para-hydroxylation sites is 2. The number of hydrogen-bond acceptors (Lipinski definition) is 5. The maximum atomic E-state index is 12.5. The van der Waals surface area contributed by atoms with Crippen molar-refractivity contribution < 1.29 is 19.4 Å². The Morgan fingerprint density at radius 3 is 2.34 bits per heavy atom. The minimum atomic E-state index is -1.42. The highest BCUT2D eigenvalue weighted by Gasteiger charge is 2.12. The van der Waals surface area contributed by atoms with Gasteiger partial charge in [0.25, 0.3) is 5.91 Å². The van der Waals surface area contributed by atoms with Crippen molar-refractivity contribution in [3.8, 4) is 17.6 Å². The molecule has 0 unspecified atom stereocenters. The Balaban J connectivity index is 1.81. The summed E-state index contributed by atoms with van der Waals surface area (Å²) in [4.78, 5) is 23.6. The summed E-state index contributed by atoms with van der Waals surface area (Å²) in [5.41, 5.74) is 0.282. The highest BCUT2D eigenvalue weighted by Crippen LogP contribution is 2.23. The Morgan fingerprint density at radius 2 is 1.62 bits per heavy atom. The molecule has 3 rings (SSSR count). The molecule has 0 aliphatic heterocycles. The molecule has 0 aliphatic rings. The maximum absolute atomic E-state index is 12.5. The van der Waals surface area contributed by atoms with E-state index in [2.05, 4.69) is 5.32 Å². The van der Waals surface area contributed by atoms with E-state index in [4.69, 9.17) is 4.74 Å². The number of carboxylic acid groups (broad SMARTS) is 1. The molecule has 6 nitrogen and oxygen atoms in total. The van der Waals surface area contributed by atoms with Gasteiger partial charge in [0.2, 0.25) is 0 Å². The van der Waals surface area contributed by atoms with Gasteiger partial charge in [0, 0.05) is 5.56 Å². The smallest absolute Gasteiger partial charge is 0.266 e. The molecule has 3 aromatic carbocycles. The highest BCUT2D eigenvalue weighted by molar-refractivity contribution is 6.11. The number of nitriles is 1. The average molecular weight is 383 g/mol. The Bertz CT molecular complexity index is 1110. The van der Waals surface area contributed by atoms with Crippen LogP contribution >= 0.6 is 0 Å². The third-order valence-electron chi connectivity index (χ3n) is 3.91. The van der Waals surface area contributed by atoms with Crippen molar-refractivity contribution in [2.24, 2.45) is 0 Å². The normalized spacial score (nSPS) is 10.7. The third kappa shape index (κ3) is 5.08. The number of hydrogen-bond donors (Lipinski definition) is 1. The number of carbonyl (C=O) groups excluding carboxylic acids is 2. The first-order chi connectivity index (χ1) is 14.1. The molecule has 29 heavy (non-hydrogen) atoms. The van der Waals surface area contributed by atoms with Crippen LogP contribution in [0.25, 0.3) is 6.08 Å². The SMILES string of the molecule is N#C/C(=C\c1cccc(Oc2ccccc2)c1)C(=O)Nc1ccccc1C(=O)[O-]. The summed E-state index contributed by atoms with van der Waals surface area (Å²) < 4.78 is 5.75. The molecule has 0 aromatic heterocycles. The van der Waals surface area contributed by atoms with Gasteiger partial charge in [-0.05, 0) is 42.0 Å². The summed E-state index contributed by atoms with van der Waals surface area (Å²) in [6.45, 7) is 0. The number of benzene rings is 3. The molecule has 6 heteroatoms. The van der Waals surface area contributed by atoms with Gasteiger partial charge in [-0.15, -0.1) is 0 Å². The molecule has 0 heterocycles. The predicted octanol–water partition coefficient (Wildman–Crippen LogP) is 3.39. The van der Waals surface area contributed by atoms with Crippen LogP contribution in [0.2, 0.25) is 0 Å². The zero-order valence-electron chi connectivity index (χ0n) is 15.2. The van der Waals surface area contributed by atoms with Gasteiger partial charge in [-0.2, -0.15) is 5.26 Å². The number of nitrogens with one attached hydrogen (secondary N) is 1. The molecular weight excluding hydrogens is 368 g/mol. The monoisotopic (exact) mass is 383 g/mol. The zero-order chi connectivity index (χ0) is 20.6. The van der Waals surface area contributed by atoms with Crippen LogP contribution in [0.5, 0.6) is 11.5 Å². The first-order valence-corrected chi connectivity index (χ1v) is 8.63. The van der Waals surface area contributed by atoms with Crippen molar-refractivity contribution in [3.63, 3.8) is 0 Å². The summed E-state index contributed by atoms with van der Waals surface area (Å²) in [5, 5.41) is 23.0. The van der Waals surface area contributed by atoms with Gasteiger partial charge in [0.1, 0.15) is 23.1 Å². The zero-order valence-corrected chi connectivity index (χ0v) is 15.2. The Hall–Kier alpha value is -4.37. The predicted molar refractivity (Wildman–Crippen MR) is 106 cm³/mol. The van der Waals surface area contributed by atoms with E-state index in [0.717, 1.165) is 0 Å². The lowest BCUT2D eigenvalue weighted by molar-refractivity contribution is -0.254. The van der Waals surface area contributed by atoms with Crippen molar-refractivity contribution in [1.29, 1.82) is 5.26 Å².